The Bertz CT molecular complexity index is 745. The fraction of sp³-hybridized carbons (Fsp3) is 0. The first-order valence-corrected chi connectivity index (χ1v) is 5.85. The van der Waals surface area contributed by atoms with Crippen molar-refractivity contribution in [3.63, 3.8) is 0 Å². The van der Waals surface area contributed by atoms with Gasteiger partial charge in [0.25, 0.3) is 0 Å². The molecule has 0 unspecified atom stereocenters. The van der Waals surface area contributed by atoms with Crippen molar-refractivity contribution in [1.29, 1.82) is 0 Å². The second-order valence-electron chi connectivity index (χ2n) is 3.72. The number of benzene rings is 2. The van der Waals surface area contributed by atoms with Crippen molar-refractivity contribution in [2.45, 2.75) is 0 Å². The van der Waals surface area contributed by atoms with Gasteiger partial charge in [0.05, 0.1) is 0 Å². The predicted octanol–water partition coefficient (Wildman–Crippen LogP) is 3.94. The first-order chi connectivity index (χ1) is 8.22. The van der Waals surface area contributed by atoms with Gasteiger partial charge in [-0.25, -0.2) is 0 Å². The Morgan fingerprint density at radius 2 is 1.76 bits per heavy atom. The number of H-pyrrole nitrogens is 2. The van der Waals surface area contributed by atoms with Gasteiger partial charge in [0.2, 0.25) is 4.77 Å². The number of aromatic amines is 2. The summed E-state index contributed by atoms with van der Waals surface area (Å²) in [5, 5.41) is 8.68. The quantitative estimate of drug-likeness (QED) is 0.652. The predicted molar refractivity (Wildman–Crippen MR) is 71.7 cm³/mol. The summed E-state index contributed by atoms with van der Waals surface area (Å²) in [6.07, 6.45) is 0. The number of nitrogens with zero attached hydrogens (tertiary/aromatic N) is 1. The first kappa shape index (κ1) is 10.5. The lowest BCUT2D eigenvalue weighted by Gasteiger charge is -2.01. The molecule has 1 aromatic heterocycles. The smallest absolute Gasteiger partial charge is 0.213 e. The third-order valence-corrected chi connectivity index (χ3v) is 3.01. The zero-order valence-electron chi connectivity index (χ0n) is 8.70. The van der Waals surface area contributed by atoms with Crippen molar-refractivity contribution in [3.05, 3.63) is 46.2 Å². The van der Waals surface area contributed by atoms with E-state index in [4.69, 9.17) is 23.8 Å². The Balaban J connectivity index is 2.20. The highest BCUT2D eigenvalue weighted by atomic mass is 35.5. The van der Waals surface area contributed by atoms with E-state index in [2.05, 4.69) is 15.2 Å². The van der Waals surface area contributed by atoms with E-state index in [1.165, 1.54) is 0 Å². The summed E-state index contributed by atoms with van der Waals surface area (Å²) >= 11 is 10.9. The highest BCUT2D eigenvalue weighted by Crippen LogP contribution is 2.24. The van der Waals surface area contributed by atoms with E-state index in [9.17, 15) is 0 Å². The third kappa shape index (κ3) is 1.97. The van der Waals surface area contributed by atoms with E-state index in [1.54, 1.807) is 0 Å². The topological polar surface area (TPSA) is 44.5 Å². The van der Waals surface area contributed by atoms with Gasteiger partial charge in [0.15, 0.2) is 5.82 Å². The van der Waals surface area contributed by atoms with Gasteiger partial charge < -0.3 is 0 Å². The lowest BCUT2D eigenvalue weighted by atomic mass is 10.1. The fourth-order valence-corrected chi connectivity index (χ4v) is 2.09. The maximum absolute atomic E-state index is 5.94. The third-order valence-electron chi connectivity index (χ3n) is 2.58. The number of nitrogens with one attached hydrogen (secondary N) is 2. The van der Waals surface area contributed by atoms with Crippen LogP contribution in [0.25, 0.3) is 22.2 Å². The first-order valence-electron chi connectivity index (χ1n) is 5.07. The molecule has 0 saturated heterocycles. The highest BCUT2D eigenvalue weighted by molar-refractivity contribution is 7.71. The molecule has 1 heterocycles. The molecule has 0 aliphatic carbocycles. The van der Waals surface area contributed by atoms with Gasteiger partial charge in [-0.05, 0) is 41.2 Å². The molecule has 0 bridgehead atoms. The monoisotopic (exact) mass is 261 g/mol. The zero-order valence-corrected chi connectivity index (χ0v) is 10.3. The molecule has 2 aromatic carbocycles. The number of halogens is 1. The number of hydrogen-bond donors (Lipinski definition) is 2. The van der Waals surface area contributed by atoms with Crippen LogP contribution in [0.4, 0.5) is 0 Å². The molecule has 0 aliphatic rings. The maximum atomic E-state index is 5.94. The molecule has 84 valence electrons. The van der Waals surface area contributed by atoms with Crippen LogP contribution in [-0.4, -0.2) is 15.2 Å². The SMILES string of the molecule is S=c1nc(-c2ccc3cc(Cl)ccc3c2)[nH][nH]1. The highest BCUT2D eigenvalue weighted by Gasteiger charge is 2.02. The van der Waals surface area contributed by atoms with Gasteiger partial charge in [-0.3, -0.25) is 10.2 Å². The van der Waals surface area contributed by atoms with E-state index < -0.39 is 0 Å². The number of aromatic nitrogens is 3. The maximum Gasteiger partial charge on any atom is 0.213 e. The molecule has 0 amide bonds. The minimum atomic E-state index is 0.455. The van der Waals surface area contributed by atoms with Crippen molar-refractivity contribution in [2.24, 2.45) is 0 Å². The summed E-state index contributed by atoms with van der Waals surface area (Å²) in [5.74, 6) is 0.742. The molecule has 0 atom stereocenters. The van der Waals surface area contributed by atoms with Gasteiger partial charge in [-0.1, -0.05) is 29.8 Å². The molecular weight excluding hydrogens is 254 g/mol. The van der Waals surface area contributed by atoms with Crippen LogP contribution in [0.2, 0.25) is 5.02 Å². The summed E-state index contributed by atoms with van der Waals surface area (Å²) in [7, 11) is 0. The number of hydrogen-bond acceptors (Lipinski definition) is 2. The van der Waals surface area contributed by atoms with Gasteiger partial charge >= 0.3 is 0 Å². The Kier molecular flexibility index (Phi) is 2.46. The molecule has 0 saturated carbocycles. The second kappa shape index (κ2) is 3.98. The minimum absolute atomic E-state index is 0.455. The standard InChI is InChI=1S/C12H8ClN3S/c13-10-4-3-7-5-9(2-1-8(7)6-10)11-14-12(17)16-15-11/h1-6H,(H2,14,15,16,17). The summed E-state index contributed by atoms with van der Waals surface area (Å²) in [5.41, 5.74) is 0.993. The average molecular weight is 262 g/mol. The lowest BCUT2D eigenvalue weighted by molar-refractivity contribution is 1.08. The van der Waals surface area contributed by atoms with Crippen molar-refractivity contribution in [3.8, 4) is 11.4 Å². The van der Waals surface area contributed by atoms with Gasteiger partial charge in [0, 0.05) is 10.6 Å². The Morgan fingerprint density at radius 1 is 1.00 bits per heavy atom. The molecule has 2 N–H and O–H groups in total. The van der Waals surface area contributed by atoms with Crippen molar-refractivity contribution in [2.75, 3.05) is 0 Å². The Hall–Kier alpha value is -1.65. The van der Waals surface area contributed by atoms with Gasteiger partial charge in [-0.15, -0.1) is 0 Å². The largest absolute Gasteiger partial charge is 0.282 e. The van der Waals surface area contributed by atoms with Gasteiger partial charge in [0.1, 0.15) is 0 Å². The summed E-state index contributed by atoms with van der Waals surface area (Å²) in [6, 6.07) is 11.9. The molecule has 5 heteroatoms. The summed E-state index contributed by atoms with van der Waals surface area (Å²) < 4.78 is 0.455. The van der Waals surface area contributed by atoms with Crippen LogP contribution in [0.1, 0.15) is 0 Å². The molecule has 17 heavy (non-hydrogen) atoms. The second-order valence-corrected chi connectivity index (χ2v) is 4.54. The van der Waals surface area contributed by atoms with E-state index >= 15 is 0 Å². The molecule has 0 aliphatic heterocycles. The Morgan fingerprint density at radius 3 is 2.53 bits per heavy atom. The molecule has 3 rings (SSSR count). The molecule has 3 aromatic rings. The fourth-order valence-electron chi connectivity index (χ4n) is 1.77. The Labute approximate surface area is 107 Å². The van der Waals surface area contributed by atoms with Crippen LogP contribution >= 0.6 is 23.8 Å². The van der Waals surface area contributed by atoms with Crippen molar-refractivity contribution in [1.82, 2.24) is 15.2 Å². The van der Waals surface area contributed by atoms with Crippen molar-refractivity contribution < 1.29 is 0 Å². The average Bonchev–Trinajstić information content (AvgIpc) is 2.75. The lowest BCUT2D eigenvalue weighted by Crippen LogP contribution is -1.81. The van der Waals surface area contributed by atoms with Gasteiger partial charge in [-0.2, -0.15) is 4.98 Å². The summed E-state index contributed by atoms with van der Waals surface area (Å²) in [4.78, 5) is 4.18. The molecular formula is C12H8ClN3S. The normalized spacial score (nSPS) is 10.9. The van der Waals surface area contributed by atoms with Crippen LogP contribution in [-0.2, 0) is 0 Å². The van der Waals surface area contributed by atoms with Crippen LogP contribution in [0, 0.1) is 4.77 Å². The van der Waals surface area contributed by atoms with E-state index in [-0.39, 0.29) is 0 Å². The van der Waals surface area contributed by atoms with Crippen LogP contribution in [0.3, 0.4) is 0 Å². The molecule has 0 spiro atoms. The molecule has 0 fully saturated rings. The van der Waals surface area contributed by atoms with Crippen molar-refractivity contribution >= 4 is 34.6 Å². The molecule has 0 radical (unpaired) electrons. The van der Waals surface area contributed by atoms with Crippen LogP contribution in [0.15, 0.2) is 36.4 Å². The summed E-state index contributed by atoms with van der Waals surface area (Å²) in [6.45, 7) is 0. The van der Waals surface area contributed by atoms with Crippen LogP contribution in [0.5, 0.6) is 0 Å². The molecule has 3 nitrogen and oxygen atoms in total. The minimum Gasteiger partial charge on any atom is -0.282 e. The van der Waals surface area contributed by atoms with E-state index in [1.807, 2.05) is 36.4 Å². The number of fused-ring (bicyclic) bond motifs is 1. The number of rotatable bonds is 1. The van der Waals surface area contributed by atoms with Crippen LogP contribution < -0.4 is 0 Å². The zero-order chi connectivity index (χ0) is 11.8. The van der Waals surface area contributed by atoms with E-state index in [0.717, 1.165) is 27.2 Å². The van der Waals surface area contributed by atoms with E-state index in [0.29, 0.717) is 4.77 Å².